The number of hydrogen-bond acceptors (Lipinski definition) is 7. The first-order valence-corrected chi connectivity index (χ1v) is 10.1. The fourth-order valence-electron chi connectivity index (χ4n) is 3.20. The van der Waals surface area contributed by atoms with Crippen LogP contribution in [0.3, 0.4) is 0 Å². The summed E-state index contributed by atoms with van der Waals surface area (Å²) >= 11 is 0. The highest BCUT2D eigenvalue weighted by Crippen LogP contribution is 2.22. The Hall–Kier alpha value is -0.280. The van der Waals surface area contributed by atoms with Crippen LogP contribution < -0.4 is 0 Å². The van der Waals surface area contributed by atoms with Crippen LogP contribution in [0, 0.1) is 0 Å². The highest BCUT2D eigenvalue weighted by atomic mass is 16.7. The molecule has 1 aliphatic rings. The molecule has 5 unspecified atom stereocenters. The van der Waals surface area contributed by atoms with Crippen LogP contribution in [0.15, 0.2) is 0 Å². The lowest BCUT2D eigenvalue weighted by atomic mass is 9.99. The van der Waals surface area contributed by atoms with Crippen LogP contribution in [0.25, 0.3) is 0 Å². The molecule has 0 bridgehead atoms. The number of rotatable bonds is 14. The first kappa shape index (κ1) is 23.8. The first-order valence-electron chi connectivity index (χ1n) is 10.1. The molecule has 7 heteroatoms. The summed E-state index contributed by atoms with van der Waals surface area (Å²) in [5.74, 6) is 0. The topological polar surface area (TPSA) is 120 Å². The summed E-state index contributed by atoms with van der Waals surface area (Å²) in [5, 5.41) is 48.4. The maximum atomic E-state index is 9.99. The summed E-state index contributed by atoms with van der Waals surface area (Å²) < 4.78 is 10.7. The van der Waals surface area contributed by atoms with Gasteiger partial charge in [0.2, 0.25) is 0 Å². The van der Waals surface area contributed by atoms with Gasteiger partial charge >= 0.3 is 0 Å². The van der Waals surface area contributed by atoms with Gasteiger partial charge < -0.3 is 35.0 Å². The van der Waals surface area contributed by atoms with Gasteiger partial charge in [0.05, 0.1) is 12.7 Å². The van der Waals surface area contributed by atoms with Gasteiger partial charge in [0, 0.05) is 6.61 Å². The smallest absolute Gasteiger partial charge is 0.186 e. The predicted octanol–water partition coefficient (Wildman–Crippen LogP) is 1.08. The standard InChI is InChI=1S/C19H38O7/c1-2-3-4-5-6-7-8-10-14(21)11-9-12-25-19-18(24)17(23)16(22)15(13-20)26-19/h14-24H,2-13H2,1H3/t14-,15?,16?,17?,18?,19?/m1/s1. The Morgan fingerprint density at radius 3 is 2.12 bits per heavy atom. The average Bonchev–Trinajstić information content (AvgIpc) is 2.64. The highest BCUT2D eigenvalue weighted by molar-refractivity contribution is 4.88. The number of aliphatic hydroxyl groups excluding tert-OH is 5. The van der Waals surface area contributed by atoms with E-state index in [2.05, 4.69) is 6.92 Å². The third-order valence-electron chi connectivity index (χ3n) is 4.95. The van der Waals surface area contributed by atoms with Crippen molar-refractivity contribution in [1.82, 2.24) is 0 Å². The summed E-state index contributed by atoms with van der Waals surface area (Å²) in [6, 6.07) is 0. The number of hydrogen-bond donors (Lipinski definition) is 5. The SMILES string of the molecule is CCCCCCCCC[C@@H](O)CCCOC1OC(CO)C(O)C(O)C1O. The zero-order chi connectivity index (χ0) is 19.4. The van der Waals surface area contributed by atoms with Gasteiger partial charge in [0.25, 0.3) is 0 Å². The van der Waals surface area contributed by atoms with E-state index in [-0.39, 0.29) is 12.7 Å². The van der Waals surface area contributed by atoms with E-state index in [1.807, 2.05) is 0 Å². The number of aliphatic hydroxyl groups is 5. The van der Waals surface area contributed by atoms with E-state index in [0.29, 0.717) is 12.8 Å². The van der Waals surface area contributed by atoms with Crippen molar-refractivity contribution in [1.29, 1.82) is 0 Å². The largest absolute Gasteiger partial charge is 0.394 e. The second-order valence-corrected chi connectivity index (χ2v) is 7.27. The molecule has 1 heterocycles. The Morgan fingerprint density at radius 2 is 1.46 bits per heavy atom. The molecule has 0 amide bonds. The maximum Gasteiger partial charge on any atom is 0.186 e. The van der Waals surface area contributed by atoms with Crippen LogP contribution in [0.5, 0.6) is 0 Å². The van der Waals surface area contributed by atoms with Crippen molar-refractivity contribution in [3.05, 3.63) is 0 Å². The minimum absolute atomic E-state index is 0.261. The van der Waals surface area contributed by atoms with Gasteiger partial charge in [0.1, 0.15) is 24.4 Å². The Morgan fingerprint density at radius 1 is 0.846 bits per heavy atom. The summed E-state index contributed by atoms with van der Waals surface area (Å²) in [7, 11) is 0. The van der Waals surface area contributed by atoms with Gasteiger partial charge in [-0.2, -0.15) is 0 Å². The first-order chi connectivity index (χ1) is 12.5. The van der Waals surface area contributed by atoms with Gasteiger partial charge in [-0.3, -0.25) is 0 Å². The normalized spacial score (nSPS) is 30.5. The number of ether oxygens (including phenoxy) is 2. The molecule has 7 nitrogen and oxygen atoms in total. The molecule has 26 heavy (non-hydrogen) atoms. The van der Waals surface area contributed by atoms with Crippen LogP contribution >= 0.6 is 0 Å². The molecule has 156 valence electrons. The number of unbranched alkanes of at least 4 members (excludes halogenated alkanes) is 6. The van der Waals surface area contributed by atoms with Crippen LogP contribution in [0.1, 0.15) is 71.1 Å². The Balaban J connectivity index is 2.08. The van der Waals surface area contributed by atoms with Crippen molar-refractivity contribution >= 4 is 0 Å². The zero-order valence-corrected chi connectivity index (χ0v) is 16.0. The van der Waals surface area contributed by atoms with Gasteiger partial charge in [-0.15, -0.1) is 0 Å². The molecule has 1 rings (SSSR count). The fraction of sp³-hybridized carbons (Fsp3) is 1.00. The van der Waals surface area contributed by atoms with Gasteiger partial charge in [-0.25, -0.2) is 0 Å². The molecular formula is C19H38O7. The van der Waals surface area contributed by atoms with Crippen molar-refractivity contribution in [2.45, 2.75) is 108 Å². The van der Waals surface area contributed by atoms with Crippen molar-refractivity contribution in [2.24, 2.45) is 0 Å². The van der Waals surface area contributed by atoms with Crippen LogP contribution in [-0.4, -0.2) is 75.6 Å². The van der Waals surface area contributed by atoms with Crippen LogP contribution in [0.2, 0.25) is 0 Å². The van der Waals surface area contributed by atoms with Crippen molar-refractivity contribution in [3.63, 3.8) is 0 Å². The zero-order valence-electron chi connectivity index (χ0n) is 16.0. The quantitative estimate of drug-likeness (QED) is 0.287. The molecule has 1 aliphatic heterocycles. The van der Waals surface area contributed by atoms with Gasteiger partial charge in [-0.1, -0.05) is 51.9 Å². The van der Waals surface area contributed by atoms with Crippen molar-refractivity contribution in [3.8, 4) is 0 Å². The van der Waals surface area contributed by atoms with Crippen LogP contribution in [0.4, 0.5) is 0 Å². The van der Waals surface area contributed by atoms with Gasteiger partial charge in [0.15, 0.2) is 6.29 Å². The second-order valence-electron chi connectivity index (χ2n) is 7.27. The molecular weight excluding hydrogens is 340 g/mol. The van der Waals surface area contributed by atoms with E-state index in [1.54, 1.807) is 0 Å². The third kappa shape index (κ3) is 8.61. The summed E-state index contributed by atoms with van der Waals surface area (Å²) in [4.78, 5) is 0. The minimum atomic E-state index is -1.42. The second kappa shape index (κ2) is 13.8. The fourth-order valence-corrected chi connectivity index (χ4v) is 3.20. The maximum absolute atomic E-state index is 9.99. The third-order valence-corrected chi connectivity index (χ3v) is 4.95. The summed E-state index contributed by atoms with van der Waals surface area (Å²) in [5.41, 5.74) is 0. The van der Waals surface area contributed by atoms with E-state index >= 15 is 0 Å². The van der Waals surface area contributed by atoms with E-state index in [0.717, 1.165) is 19.3 Å². The lowest BCUT2D eigenvalue weighted by Gasteiger charge is -2.39. The Labute approximate surface area is 157 Å². The molecule has 1 saturated heterocycles. The monoisotopic (exact) mass is 378 g/mol. The predicted molar refractivity (Wildman–Crippen MR) is 97.6 cm³/mol. The average molecular weight is 379 g/mol. The molecule has 6 atom stereocenters. The minimum Gasteiger partial charge on any atom is -0.394 e. The highest BCUT2D eigenvalue weighted by Gasteiger charge is 2.43. The Bertz CT molecular complexity index is 340. The molecule has 0 radical (unpaired) electrons. The molecule has 0 aromatic heterocycles. The Kier molecular flexibility index (Phi) is 12.6. The molecule has 0 aliphatic carbocycles. The molecule has 0 saturated carbocycles. The molecule has 0 spiro atoms. The molecule has 5 N–H and O–H groups in total. The lowest BCUT2D eigenvalue weighted by molar-refractivity contribution is -0.301. The van der Waals surface area contributed by atoms with Gasteiger partial charge in [-0.05, 0) is 19.3 Å². The lowest BCUT2D eigenvalue weighted by Crippen LogP contribution is -2.59. The summed E-state index contributed by atoms with van der Waals surface area (Å²) in [6.45, 7) is 2.00. The van der Waals surface area contributed by atoms with E-state index in [9.17, 15) is 20.4 Å². The molecule has 0 aromatic rings. The molecule has 0 aromatic carbocycles. The van der Waals surface area contributed by atoms with Crippen LogP contribution in [-0.2, 0) is 9.47 Å². The van der Waals surface area contributed by atoms with Crippen molar-refractivity contribution < 1.29 is 35.0 Å². The van der Waals surface area contributed by atoms with E-state index < -0.39 is 37.3 Å². The van der Waals surface area contributed by atoms with E-state index in [4.69, 9.17) is 14.6 Å². The van der Waals surface area contributed by atoms with Crippen molar-refractivity contribution in [2.75, 3.05) is 13.2 Å². The molecule has 1 fully saturated rings. The van der Waals surface area contributed by atoms with E-state index in [1.165, 1.54) is 32.1 Å². The summed E-state index contributed by atoms with van der Waals surface area (Å²) in [6.07, 6.45) is 3.96.